The van der Waals surface area contributed by atoms with Crippen LogP contribution in [0, 0.1) is 0 Å². The minimum atomic E-state index is -3.72. The average Bonchev–Trinajstić information content (AvgIpc) is 2.51. The molecule has 104 valence electrons. The van der Waals surface area contributed by atoms with Gasteiger partial charge in [-0.2, -0.15) is 4.31 Å². The smallest absolute Gasteiger partial charge is 0.323 e. The molecule has 0 saturated carbocycles. The minimum absolute atomic E-state index is 0.230. The number of likely N-dealkylation sites (N-methyl/N-ethyl adjacent to an activating group) is 1. The van der Waals surface area contributed by atoms with Crippen LogP contribution in [-0.2, 0) is 14.8 Å². The van der Waals surface area contributed by atoms with Crippen LogP contribution in [0.4, 0.5) is 0 Å². The summed E-state index contributed by atoms with van der Waals surface area (Å²) in [4.78, 5) is 13.1. The normalized spacial score (nSPS) is 32.1. The third kappa shape index (κ3) is 2.26. The summed E-state index contributed by atoms with van der Waals surface area (Å²) in [6, 6.07) is 0.670. The fourth-order valence-corrected chi connectivity index (χ4v) is 4.30. The van der Waals surface area contributed by atoms with Crippen molar-refractivity contribution in [1.82, 2.24) is 9.21 Å². The van der Waals surface area contributed by atoms with Crippen molar-refractivity contribution in [3.05, 3.63) is 0 Å². The molecular weight excluding hydrogens is 256 g/mol. The first-order valence-electron chi connectivity index (χ1n) is 6.27. The molecule has 2 saturated heterocycles. The lowest BCUT2D eigenvalue weighted by molar-refractivity contribution is -0.136. The Morgan fingerprint density at radius 3 is 2.50 bits per heavy atom. The van der Waals surface area contributed by atoms with Gasteiger partial charge in [-0.3, -0.25) is 9.69 Å². The fraction of sp³-hybridized carbons (Fsp3) is 0.909. The van der Waals surface area contributed by atoms with Gasteiger partial charge in [-0.05, 0) is 33.2 Å². The first-order valence-corrected chi connectivity index (χ1v) is 7.78. The number of fused-ring (bicyclic) bond motifs is 2. The number of nitrogens with zero attached hydrogens (tertiary/aromatic N) is 2. The van der Waals surface area contributed by atoms with Crippen LogP contribution in [0.5, 0.6) is 0 Å². The maximum Gasteiger partial charge on any atom is 0.323 e. The molecular formula is C11H20N2O4S. The van der Waals surface area contributed by atoms with E-state index in [4.69, 9.17) is 5.11 Å². The molecule has 3 atom stereocenters. The van der Waals surface area contributed by atoms with Gasteiger partial charge >= 0.3 is 5.97 Å². The molecule has 3 unspecified atom stereocenters. The second-order valence-electron chi connectivity index (χ2n) is 5.22. The SMILES string of the molecule is CC(C(=O)O)S(=O)(=O)N1CCC2CCC(C1)N2C. The third-order valence-corrected chi connectivity index (χ3v) is 6.41. The topological polar surface area (TPSA) is 77.9 Å². The molecule has 0 aliphatic carbocycles. The maximum absolute atomic E-state index is 12.2. The van der Waals surface area contributed by atoms with Gasteiger partial charge in [0, 0.05) is 25.2 Å². The first-order chi connectivity index (χ1) is 8.34. The molecule has 0 aromatic carbocycles. The number of hydrogen-bond acceptors (Lipinski definition) is 4. The van der Waals surface area contributed by atoms with E-state index in [1.54, 1.807) is 0 Å². The Morgan fingerprint density at radius 1 is 1.28 bits per heavy atom. The van der Waals surface area contributed by atoms with Crippen molar-refractivity contribution in [3.63, 3.8) is 0 Å². The zero-order chi connectivity index (χ0) is 13.5. The number of carboxylic acid groups (broad SMARTS) is 1. The molecule has 2 aliphatic rings. The van der Waals surface area contributed by atoms with Crippen LogP contribution >= 0.6 is 0 Å². The summed E-state index contributed by atoms with van der Waals surface area (Å²) in [5.41, 5.74) is 0. The number of aliphatic carboxylic acids is 1. The molecule has 0 aromatic heterocycles. The van der Waals surface area contributed by atoms with Gasteiger partial charge in [0.05, 0.1) is 0 Å². The number of carbonyl (C=O) groups is 1. The van der Waals surface area contributed by atoms with Crippen molar-refractivity contribution >= 4 is 16.0 Å². The van der Waals surface area contributed by atoms with E-state index in [-0.39, 0.29) is 6.04 Å². The fourth-order valence-electron chi connectivity index (χ4n) is 2.86. The van der Waals surface area contributed by atoms with Gasteiger partial charge in [0.2, 0.25) is 10.0 Å². The van der Waals surface area contributed by atoms with E-state index < -0.39 is 21.2 Å². The molecule has 6 nitrogen and oxygen atoms in total. The molecule has 2 fully saturated rings. The second kappa shape index (κ2) is 4.79. The highest BCUT2D eigenvalue weighted by Crippen LogP contribution is 2.30. The van der Waals surface area contributed by atoms with Gasteiger partial charge in [-0.15, -0.1) is 0 Å². The highest BCUT2D eigenvalue weighted by atomic mass is 32.2. The van der Waals surface area contributed by atoms with Crippen LogP contribution in [0.25, 0.3) is 0 Å². The number of carboxylic acids is 1. The Hall–Kier alpha value is -0.660. The van der Waals surface area contributed by atoms with E-state index in [1.165, 1.54) is 11.2 Å². The van der Waals surface area contributed by atoms with Crippen molar-refractivity contribution in [2.75, 3.05) is 20.1 Å². The van der Waals surface area contributed by atoms with E-state index >= 15 is 0 Å². The van der Waals surface area contributed by atoms with Gasteiger partial charge in [0.25, 0.3) is 0 Å². The molecule has 0 amide bonds. The molecule has 0 radical (unpaired) electrons. The molecule has 0 aromatic rings. The lowest BCUT2D eigenvalue weighted by Gasteiger charge is -2.26. The van der Waals surface area contributed by atoms with Crippen molar-refractivity contribution in [2.24, 2.45) is 0 Å². The van der Waals surface area contributed by atoms with Crippen molar-refractivity contribution in [1.29, 1.82) is 0 Å². The molecule has 2 aliphatic heterocycles. The molecule has 7 heteroatoms. The number of hydrogen-bond donors (Lipinski definition) is 1. The Balaban J connectivity index is 2.17. The quantitative estimate of drug-likeness (QED) is 0.782. The number of sulfonamides is 1. The minimum Gasteiger partial charge on any atom is -0.480 e. The van der Waals surface area contributed by atoms with Gasteiger partial charge in [-0.25, -0.2) is 8.42 Å². The zero-order valence-corrected chi connectivity index (χ0v) is 11.6. The van der Waals surface area contributed by atoms with E-state index in [1.807, 2.05) is 7.05 Å². The van der Waals surface area contributed by atoms with Gasteiger partial charge in [0.1, 0.15) is 0 Å². The largest absolute Gasteiger partial charge is 0.480 e. The van der Waals surface area contributed by atoms with Gasteiger partial charge in [-0.1, -0.05) is 0 Å². The molecule has 2 heterocycles. The molecule has 2 rings (SSSR count). The Kier molecular flexibility index (Phi) is 3.66. The summed E-state index contributed by atoms with van der Waals surface area (Å²) >= 11 is 0. The van der Waals surface area contributed by atoms with E-state index in [9.17, 15) is 13.2 Å². The summed E-state index contributed by atoms with van der Waals surface area (Å²) in [6.07, 6.45) is 2.90. The first kappa shape index (κ1) is 13.8. The number of rotatable bonds is 3. The van der Waals surface area contributed by atoms with Crippen molar-refractivity contribution in [3.8, 4) is 0 Å². The summed E-state index contributed by atoms with van der Waals surface area (Å²) in [6.45, 7) is 2.10. The summed E-state index contributed by atoms with van der Waals surface area (Å²) < 4.78 is 25.7. The predicted molar refractivity (Wildman–Crippen MR) is 66.8 cm³/mol. The lowest BCUT2D eigenvalue weighted by atomic mass is 10.1. The van der Waals surface area contributed by atoms with E-state index in [0.717, 1.165) is 19.3 Å². The van der Waals surface area contributed by atoms with Crippen molar-refractivity contribution in [2.45, 2.75) is 43.5 Å². The van der Waals surface area contributed by atoms with Crippen LogP contribution in [0.15, 0.2) is 0 Å². The second-order valence-corrected chi connectivity index (χ2v) is 7.48. The Bertz CT molecular complexity index is 436. The van der Waals surface area contributed by atoms with Crippen LogP contribution in [0.2, 0.25) is 0 Å². The zero-order valence-electron chi connectivity index (χ0n) is 10.7. The Labute approximate surface area is 108 Å². The van der Waals surface area contributed by atoms with Crippen LogP contribution in [-0.4, -0.2) is 66.2 Å². The average molecular weight is 276 g/mol. The molecule has 1 N–H and O–H groups in total. The monoisotopic (exact) mass is 276 g/mol. The van der Waals surface area contributed by atoms with Gasteiger partial charge < -0.3 is 5.11 Å². The lowest BCUT2D eigenvalue weighted by Crippen LogP contribution is -2.45. The Morgan fingerprint density at radius 2 is 1.89 bits per heavy atom. The summed E-state index contributed by atoms with van der Waals surface area (Å²) in [7, 11) is -1.70. The third-order valence-electron chi connectivity index (χ3n) is 4.27. The highest BCUT2D eigenvalue weighted by Gasteiger charge is 2.41. The van der Waals surface area contributed by atoms with Crippen LogP contribution in [0.1, 0.15) is 26.2 Å². The highest BCUT2D eigenvalue weighted by molar-refractivity contribution is 7.90. The molecule has 0 spiro atoms. The summed E-state index contributed by atoms with van der Waals surface area (Å²) in [5.74, 6) is -1.28. The van der Waals surface area contributed by atoms with Crippen LogP contribution in [0.3, 0.4) is 0 Å². The molecule has 18 heavy (non-hydrogen) atoms. The predicted octanol–water partition coefficient (Wildman–Crippen LogP) is -0.0422. The van der Waals surface area contributed by atoms with Crippen LogP contribution < -0.4 is 0 Å². The van der Waals surface area contributed by atoms with Crippen molar-refractivity contribution < 1.29 is 18.3 Å². The van der Waals surface area contributed by atoms with E-state index in [2.05, 4.69) is 4.90 Å². The van der Waals surface area contributed by atoms with Gasteiger partial charge in [0.15, 0.2) is 5.25 Å². The molecule has 2 bridgehead atoms. The maximum atomic E-state index is 12.2. The van der Waals surface area contributed by atoms with E-state index in [0.29, 0.717) is 19.1 Å². The summed E-state index contributed by atoms with van der Waals surface area (Å²) in [5, 5.41) is 7.52. The standard InChI is InChI=1S/C11H20N2O4S/c1-8(11(14)15)18(16,17)13-6-5-9-3-4-10(7-13)12(9)2/h8-10H,3-7H2,1-2H3,(H,14,15).